The van der Waals surface area contributed by atoms with Crippen LogP contribution in [0.25, 0.3) is 0 Å². The van der Waals surface area contributed by atoms with Gasteiger partial charge < -0.3 is 11.1 Å². The predicted molar refractivity (Wildman–Crippen MR) is 108 cm³/mol. The van der Waals surface area contributed by atoms with Gasteiger partial charge in [-0.3, -0.25) is 9.79 Å². The SMILES string of the molecule is CC1(c2cc(NC(=O)c3cnc(C(F)(F)F)cn3)ccc2F)CS(=O)(=O)C(C)(C)C(N)=N1. The molecule has 3 rings (SSSR count). The first-order chi connectivity index (χ1) is 14.6. The third kappa shape index (κ3) is 4.16. The van der Waals surface area contributed by atoms with Gasteiger partial charge in [-0.05, 0) is 39.0 Å². The van der Waals surface area contributed by atoms with Crippen molar-refractivity contribution in [3.8, 4) is 0 Å². The number of amidine groups is 1. The number of halogens is 4. The molecule has 32 heavy (non-hydrogen) atoms. The summed E-state index contributed by atoms with van der Waals surface area (Å²) < 4.78 is 76.4. The van der Waals surface area contributed by atoms with Crippen molar-refractivity contribution in [2.45, 2.75) is 37.2 Å². The van der Waals surface area contributed by atoms with Crippen LogP contribution in [-0.2, 0) is 21.6 Å². The highest BCUT2D eigenvalue weighted by molar-refractivity contribution is 7.93. The van der Waals surface area contributed by atoms with Gasteiger partial charge in [-0.25, -0.2) is 22.8 Å². The summed E-state index contributed by atoms with van der Waals surface area (Å²) in [6.45, 7) is 4.20. The molecule has 1 atom stereocenters. The zero-order valence-corrected chi connectivity index (χ0v) is 18.0. The van der Waals surface area contributed by atoms with Crippen molar-refractivity contribution in [2.24, 2.45) is 10.7 Å². The second kappa shape index (κ2) is 7.50. The predicted octanol–water partition coefficient (Wildman–Crippen LogP) is 2.67. The van der Waals surface area contributed by atoms with Crippen molar-refractivity contribution in [2.75, 3.05) is 11.1 Å². The van der Waals surface area contributed by atoms with E-state index in [1.54, 1.807) is 0 Å². The third-order valence-electron chi connectivity index (χ3n) is 5.21. The molecule has 0 saturated heterocycles. The van der Waals surface area contributed by atoms with E-state index in [2.05, 4.69) is 20.3 Å². The van der Waals surface area contributed by atoms with Gasteiger partial charge in [0.2, 0.25) is 0 Å². The Morgan fingerprint density at radius 3 is 2.34 bits per heavy atom. The van der Waals surface area contributed by atoms with E-state index in [4.69, 9.17) is 5.73 Å². The molecule has 2 heterocycles. The molecule has 1 unspecified atom stereocenters. The van der Waals surface area contributed by atoms with Gasteiger partial charge in [0.15, 0.2) is 15.5 Å². The molecular weight excluding hydrogens is 454 g/mol. The number of nitrogens with two attached hydrogens (primary N) is 1. The first-order valence-electron chi connectivity index (χ1n) is 9.15. The molecule has 2 aromatic rings. The molecule has 0 saturated carbocycles. The van der Waals surface area contributed by atoms with Crippen molar-refractivity contribution in [1.82, 2.24) is 9.97 Å². The fraction of sp³-hybridized carbons (Fsp3) is 0.368. The quantitative estimate of drug-likeness (QED) is 0.660. The number of nitrogens with zero attached hydrogens (tertiary/aromatic N) is 3. The maximum Gasteiger partial charge on any atom is 0.434 e. The molecule has 0 aliphatic carbocycles. The molecular formula is C19H19F4N5O3S. The van der Waals surface area contributed by atoms with Crippen LogP contribution in [0.1, 0.15) is 42.5 Å². The summed E-state index contributed by atoms with van der Waals surface area (Å²) in [5.41, 5.74) is 2.57. The van der Waals surface area contributed by atoms with E-state index in [1.807, 2.05) is 0 Å². The number of amides is 1. The van der Waals surface area contributed by atoms with Crippen LogP contribution in [0.5, 0.6) is 0 Å². The number of rotatable bonds is 3. The van der Waals surface area contributed by atoms with Crippen LogP contribution in [0.2, 0.25) is 0 Å². The van der Waals surface area contributed by atoms with Gasteiger partial charge in [-0.15, -0.1) is 0 Å². The lowest BCUT2D eigenvalue weighted by Crippen LogP contribution is -2.55. The number of sulfone groups is 1. The summed E-state index contributed by atoms with van der Waals surface area (Å²) >= 11 is 0. The number of carbonyl (C=O) groups excluding carboxylic acids is 1. The number of carbonyl (C=O) groups is 1. The van der Waals surface area contributed by atoms with Gasteiger partial charge >= 0.3 is 6.18 Å². The average molecular weight is 473 g/mol. The summed E-state index contributed by atoms with van der Waals surface area (Å²) in [5.74, 6) is -2.37. The summed E-state index contributed by atoms with van der Waals surface area (Å²) in [6.07, 6.45) is -3.64. The minimum atomic E-state index is -4.71. The minimum absolute atomic E-state index is 0.0466. The van der Waals surface area contributed by atoms with Crippen molar-refractivity contribution in [3.63, 3.8) is 0 Å². The van der Waals surface area contributed by atoms with Crippen molar-refractivity contribution in [3.05, 3.63) is 53.4 Å². The van der Waals surface area contributed by atoms with Gasteiger partial charge in [-0.2, -0.15) is 13.2 Å². The zero-order chi connectivity index (χ0) is 24.1. The summed E-state index contributed by atoms with van der Waals surface area (Å²) in [6, 6.07) is 3.40. The Morgan fingerprint density at radius 2 is 1.81 bits per heavy atom. The smallest absolute Gasteiger partial charge is 0.386 e. The van der Waals surface area contributed by atoms with Crippen LogP contribution in [0.15, 0.2) is 35.6 Å². The van der Waals surface area contributed by atoms with E-state index in [9.17, 15) is 30.8 Å². The Kier molecular flexibility index (Phi) is 5.52. The van der Waals surface area contributed by atoms with Gasteiger partial charge in [0.1, 0.15) is 27.6 Å². The minimum Gasteiger partial charge on any atom is -0.386 e. The molecule has 172 valence electrons. The average Bonchev–Trinajstić information content (AvgIpc) is 2.67. The highest BCUT2D eigenvalue weighted by atomic mass is 32.2. The maximum absolute atomic E-state index is 14.6. The lowest BCUT2D eigenvalue weighted by atomic mass is 9.92. The van der Waals surface area contributed by atoms with Crippen molar-refractivity contribution < 1.29 is 30.8 Å². The third-order valence-corrected chi connectivity index (χ3v) is 7.92. The molecule has 3 N–H and O–H groups in total. The van der Waals surface area contributed by atoms with Gasteiger partial charge in [0.05, 0.1) is 18.1 Å². The normalized spacial score (nSPS) is 22.2. The highest BCUT2D eigenvalue weighted by Crippen LogP contribution is 2.38. The molecule has 8 nitrogen and oxygen atoms in total. The van der Waals surface area contributed by atoms with Gasteiger partial charge in [-0.1, -0.05) is 0 Å². The van der Waals surface area contributed by atoms with Crippen LogP contribution in [0, 0.1) is 5.82 Å². The van der Waals surface area contributed by atoms with Crippen molar-refractivity contribution >= 4 is 27.3 Å². The standard InChI is InChI=1S/C19H19F4N5O3S/c1-17(2)16(24)28-18(3,9-32(17,30)31)11-6-10(4-5-12(11)20)27-15(29)13-7-26-14(8-25-13)19(21,22)23/h4-8H,9H2,1-3H3,(H2,24,28)(H,27,29). The summed E-state index contributed by atoms with van der Waals surface area (Å²) in [5, 5.41) is 2.37. The molecule has 0 spiro atoms. The molecule has 1 aromatic heterocycles. The monoisotopic (exact) mass is 473 g/mol. The Morgan fingerprint density at radius 1 is 1.16 bits per heavy atom. The largest absolute Gasteiger partial charge is 0.434 e. The number of hydrogen-bond donors (Lipinski definition) is 2. The fourth-order valence-corrected chi connectivity index (χ4v) is 4.77. The van der Waals surface area contributed by atoms with Crippen molar-refractivity contribution in [1.29, 1.82) is 0 Å². The molecule has 1 aliphatic heterocycles. The van der Waals surface area contributed by atoms with E-state index in [0.29, 0.717) is 12.4 Å². The fourth-order valence-electron chi connectivity index (χ4n) is 3.08. The molecule has 13 heteroatoms. The molecule has 1 aliphatic rings. The Bertz CT molecular complexity index is 1210. The number of alkyl halides is 3. The molecule has 0 fully saturated rings. The second-order valence-corrected chi connectivity index (χ2v) is 10.5. The topological polar surface area (TPSA) is 127 Å². The van der Waals surface area contributed by atoms with Gasteiger partial charge in [0, 0.05) is 11.3 Å². The summed E-state index contributed by atoms with van der Waals surface area (Å²) in [7, 11) is -3.80. The number of anilines is 1. The molecule has 0 radical (unpaired) electrons. The zero-order valence-electron chi connectivity index (χ0n) is 17.2. The van der Waals surface area contributed by atoms with Crippen LogP contribution >= 0.6 is 0 Å². The molecule has 1 amide bonds. The maximum atomic E-state index is 14.6. The van der Waals surface area contributed by atoms with Gasteiger partial charge in [0.25, 0.3) is 5.91 Å². The molecule has 1 aromatic carbocycles. The van der Waals surface area contributed by atoms with E-state index in [0.717, 1.165) is 6.07 Å². The van der Waals surface area contributed by atoms with E-state index < -0.39 is 55.2 Å². The number of aromatic nitrogens is 2. The highest BCUT2D eigenvalue weighted by Gasteiger charge is 2.49. The number of nitrogens with one attached hydrogen (secondary N) is 1. The number of hydrogen-bond acceptors (Lipinski definition) is 7. The Labute approximate surface area is 180 Å². The van der Waals surface area contributed by atoms with E-state index in [-0.39, 0.29) is 17.1 Å². The Hall–Kier alpha value is -3.09. The van der Waals surface area contributed by atoms with E-state index in [1.165, 1.54) is 32.9 Å². The number of aliphatic imine (C=N–C) groups is 1. The first kappa shape index (κ1) is 23.6. The lowest BCUT2D eigenvalue weighted by molar-refractivity contribution is -0.141. The summed E-state index contributed by atoms with van der Waals surface area (Å²) in [4.78, 5) is 23.2. The van der Waals surface area contributed by atoms with Crippen LogP contribution < -0.4 is 11.1 Å². The van der Waals surface area contributed by atoms with E-state index >= 15 is 0 Å². The number of benzene rings is 1. The van der Waals surface area contributed by atoms with Crippen LogP contribution in [0.4, 0.5) is 23.2 Å². The Balaban J connectivity index is 1.93. The van der Waals surface area contributed by atoms with Crippen LogP contribution in [-0.4, -0.2) is 40.6 Å². The molecule has 0 bridgehead atoms. The first-order valence-corrected chi connectivity index (χ1v) is 10.8. The van der Waals surface area contributed by atoms with Crippen LogP contribution in [0.3, 0.4) is 0 Å². The second-order valence-electron chi connectivity index (χ2n) is 7.97. The lowest BCUT2D eigenvalue weighted by Gasteiger charge is -2.38.